The monoisotopic (exact) mass is 445 g/mol. The Morgan fingerprint density at radius 2 is 1.55 bits per heavy atom. The summed E-state index contributed by atoms with van der Waals surface area (Å²) in [6.45, 7) is 3.36. The predicted molar refractivity (Wildman–Crippen MR) is 113 cm³/mol. The van der Waals surface area contributed by atoms with Crippen molar-refractivity contribution in [1.29, 1.82) is 0 Å². The summed E-state index contributed by atoms with van der Waals surface area (Å²) in [5.41, 5.74) is 0.853. The van der Waals surface area contributed by atoms with Gasteiger partial charge in [0.15, 0.2) is 0 Å². The summed E-state index contributed by atoms with van der Waals surface area (Å²) in [5.74, 6) is -1.63. The minimum atomic E-state index is -3.74. The number of rotatable bonds is 8. The molecule has 0 bridgehead atoms. The molecule has 10 heteroatoms. The van der Waals surface area contributed by atoms with Crippen LogP contribution in [0.2, 0.25) is 0 Å². The fraction of sp³-hybridized carbons (Fsp3) is 0.286. The molecule has 0 saturated carbocycles. The first-order chi connectivity index (χ1) is 14.7. The van der Waals surface area contributed by atoms with Crippen molar-refractivity contribution < 1.29 is 27.5 Å². The van der Waals surface area contributed by atoms with Gasteiger partial charge in [0.2, 0.25) is 15.9 Å². The third-order valence-electron chi connectivity index (χ3n) is 4.80. The number of benzene rings is 2. The van der Waals surface area contributed by atoms with E-state index in [4.69, 9.17) is 4.74 Å². The summed E-state index contributed by atoms with van der Waals surface area (Å²) in [6, 6.07) is 10.5. The summed E-state index contributed by atoms with van der Waals surface area (Å²) in [7, 11) is -2.26. The predicted octanol–water partition coefficient (Wildman–Crippen LogP) is 1.62. The number of anilines is 1. The minimum Gasteiger partial charge on any atom is -0.383 e. The average Bonchev–Trinajstić information content (AvgIpc) is 2.98. The van der Waals surface area contributed by atoms with Crippen molar-refractivity contribution in [1.82, 2.24) is 9.62 Å². The SMILES string of the molecule is COCC(C)NS(=O)(=O)c1ccc(NC(=O)C(C)N2C(=O)c3ccccc3C2=O)cc1. The first-order valence-corrected chi connectivity index (χ1v) is 11.0. The average molecular weight is 445 g/mol. The van der Waals surface area contributed by atoms with Gasteiger partial charge in [0.1, 0.15) is 6.04 Å². The van der Waals surface area contributed by atoms with E-state index < -0.39 is 39.8 Å². The van der Waals surface area contributed by atoms with Crippen LogP contribution in [0.5, 0.6) is 0 Å². The maximum Gasteiger partial charge on any atom is 0.262 e. The van der Waals surface area contributed by atoms with Crippen molar-refractivity contribution in [3.05, 3.63) is 59.7 Å². The zero-order valence-electron chi connectivity index (χ0n) is 17.3. The lowest BCUT2D eigenvalue weighted by molar-refractivity contribution is -0.119. The van der Waals surface area contributed by atoms with Crippen LogP contribution in [0.1, 0.15) is 34.6 Å². The van der Waals surface area contributed by atoms with Gasteiger partial charge < -0.3 is 10.1 Å². The Balaban J connectivity index is 1.69. The number of nitrogens with zero attached hydrogens (tertiary/aromatic N) is 1. The van der Waals surface area contributed by atoms with E-state index in [1.807, 2.05) is 0 Å². The molecule has 3 amide bonds. The lowest BCUT2D eigenvalue weighted by Gasteiger charge is -2.21. The van der Waals surface area contributed by atoms with E-state index in [9.17, 15) is 22.8 Å². The number of hydrogen-bond donors (Lipinski definition) is 2. The van der Waals surface area contributed by atoms with Gasteiger partial charge in [-0.05, 0) is 50.2 Å². The molecule has 2 atom stereocenters. The van der Waals surface area contributed by atoms with Crippen LogP contribution in [0.25, 0.3) is 0 Å². The van der Waals surface area contributed by atoms with E-state index in [2.05, 4.69) is 10.0 Å². The summed E-state index contributed by atoms with van der Waals surface area (Å²) in [5, 5.41) is 2.61. The molecule has 0 spiro atoms. The van der Waals surface area contributed by atoms with E-state index in [0.717, 1.165) is 4.90 Å². The van der Waals surface area contributed by atoms with Crippen LogP contribution in [0.3, 0.4) is 0 Å². The molecule has 0 aliphatic carbocycles. The maximum atomic E-state index is 12.6. The highest BCUT2D eigenvalue weighted by Gasteiger charge is 2.40. The van der Waals surface area contributed by atoms with Crippen molar-refractivity contribution in [3.63, 3.8) is 0 Å². The summed E-state index contributed by atoms with van der Waals surface area (Å²) < 4.78 is 32.2. The first-order valence-electron chi connectivity index (χ1n) is 9.55. The molecule has 31 heavy (non-hydrogen) atoms. The third-order valence-corrected chi connectivity index (χ3v) is 6.40. The van der Waals surface area contributed by atoms with Crippen LogP contribution in [0, 0.1) is 0 Å². The molecule has 2 unspecified atom stereocenters. The molecule has 2 N–H and O–H groups in total. The number of amides is 3. The van der Waals surface area contributed by atoms with Crippen LogP contribution >= 0.6 is 0 Å². The highest BCUT2D eigenvalue weighted by molar-refractivity contribution is 7.89. The second kappa shape index (κ2) is 8.96. The zero-order valence-corrected chi connectivity index (χ0v) is 18.1. The Labute approximate surface area is 180 Å². The molecule has 0 saturated heterocycles. The number of hydrogen-bond acceptors (Lipinski definition) is 6. The largest absolute Gasteiger partial charge is 0.383 e. The van der Waals surface area contributed by atoms with Crippen molar-refractivity contribution in [2.24, 2.45) is 0 Å². The maximum absolute atomic E-state index is 12.6. The number of imide groups is 1. The van der Waals surface area contributed by atoms with Gasteiger partial charge in [-0.2, -0.15) is 0 Å². The molecule has 2 aromatic carbocycles. The molecular weight excluding hydrogens is 422 g/mol. The van der Waals surface area contributed by atoms with Gasteiger partial charge in [-0.25, -0.2) is 13.1 Å². The number of carbonyl (C=O) groups is 3. The van der Waals surface area contributed by atoms with Crippen LogP contribution in [0.4, 0.5) is 5.69 Å². The number of ether oxygens (including phenoxy) is 1. The fourth-order valence-corrected chi connectivity index (χ4v) is 4.49. The van der Waals surface area contributed by atoms with Crippen LogP contribution < -0.4 is 10.0 Å². The normalized spacial score (nSPS) is 15.5. The molecule has 9 nitrogen and oxygen atoms in total. The summed E-state index contributed by atoms with van der Waals surface area (Å²) in [6.07, 6.45) is 0. The quantitative estimate of drug-likeness (QED) is 0.596. The molecular formula is C21H23N3O6S. The Hall–Kier alpha value is -3.08. The number of methoxy groups -OCH3 is 1. The van der Waals surface area contributed by atoms with Crippen LogP contribution in [-0.2, 0) is 19.6 Å². The molecule has 1 aliphatic heterocycles. The Morgan fingerprint density at radius 1 is 1.00 bits per heavy atom. The van der Waals surface area contributed by atoms with E-state index >= 15 is 0 Å². The second-order valence-corrected chi connectivity index (χ2v) is 8.91. The number of sulfonamides is 1. The van der Waals surface area contributed by atoms with Crippen molar-refractivity contribution in [2.45, 2.75) is 30.8 Å². The molecule has 0 radical (unpaired) electrons. The Morgan fingerprint density at radius 3 is 2.06 bits per heavy atom. The van der Waals surface area contributed by atoms with Gasteiger partial charge in [-0.1, -0.05) is 12.1 Å². The standard InChI is InChI=1S/C21H23N3O6S/c1-13(12-30-3)23-31(28,29)16-10-8-15(9-11-16)22-19(25)14(2)24-20(26)17-6-4-5-7-18(17)21(24)27/h4-11,13-14,23H,12H2,1-3H3,(H,22,25). The Kier molecular flexibility index (Phi) is 6.54. The van der Waals surface area contributed by atoms with Gasteiger partial charge in [-0.15, -0.1) is 0 Å². The van der Waals surface area contributed by atoms with Gasteiger partial charge >= 0.3 is 0 Å². The van der Waals surface area contributed by atoms with Crippen LogP contribution in [-0.4, -0.2) is 56.8 Å². The second-order valence-electron chi connectivity index (χ2n) is 7.19. The topological polar surface area (TPSA) is 122 Å². The minimum absolute atomic E-state index is 0.0295. The van der Waals surface area contributed by atoms with Gasteiger partial charge in [0.05, 0.1) is 22.6 Å². The van der Waals surface area contributed by atoms with Gasteiger partial charge in [-0.3, -0.25) is 19.3 Å². The lowest BCUT2D eigenvalue weighted by atomic mass is 10.1. The van der Waals surface area contributed by atoms with E-state index in [1.165, 1.54) is 38.3 Å². The van der Waals surface area contributed by atoms with E-state index in [-0.39, 0.29) is 22.6 Å². The summed E-state index contributed by atoms with van der Waals surface area (Å²) >= 11 is 0. The highest BCUT2D eigenvalue weighted by atomic mass is 32.2. The van der Waals surface area contributed by atoms with Gasteiger partial charge in [0.25, 0.3) is 11.8 Å². The third kappa shape index (κ3) is 4.66. The van der Waals surface area contributed by atoms with Crippen molar-refractivity contribution in [2.75, 3.05) is 19.0 Å². The highest BCUT2D eigenvalue weighted by Crippen LogP contribution is 2.25. The van der Waals surface area contributed by atoms with Crippen LogP contribution in [0.15, 0.2) is 53.4 Å². The first kappa shape index (κ1) is 22.6. The van der Waals surface area contributed by atoms with E-state index in [1.54, 1.807) is 31.2 Å². The summed E-state index contributed by atoms with van der Waals surface area (Å²) in [4.78, 5) is 38.7. The number of fused-ring (bicyclic) bond motifs is 1. The molecule has 2 aromatic rings. The van der Waals surface area contributed by atoms with Crippen molar-refractivity contribution in [3.8, 4) is 0 Å². The Bertz CT molecular complexity index is 1080. The fourth-order valence-electron chi connectivity index (χ4n) is 3.26. The lowest BCUT2D eigenvalue weighted by Crippen LogP contribution is -2.45. The van der Waals surface area contributed by atoms with Crippen molar-refractivity contribution >= 4 is 33.4 Å². The molecule has 0 fully saturated rings. The van der Waals surface area contributed by atoms with Gasteiger partial charge in [0, 0.05) is 18.8 Å². The molecule has 1 heterocycles. The van der Waals surface area contributed by atoms with E-state index in [0.29, 0.717) is 5.69 Å². The molecule has 164 valence electrons. The zero-order chi connectivity index (χ0) is 22.8. The smallest absolute Gasteiger partial charge is 0.262 e. The molecule has 0 aromatic heterocycles. The number of carbonyl (C=O) groups excluding carboxylic acids is 3. The molecule has 1 aliphatic rings. The number of nitrogens with one attached hydrogen (secondary N) is 2. The molecule has 3 rings (SSSR count).